The van der Waals surface area contributed by atoms with Gasteiger partial charge in [-0.25, -0.2) is 0 Å². The Labute approximate surface area is 110 Å². The Morgan fingerprint density at radius 3 is 2.82 bits per heavy atom. The molecule has 2 aliphatic heterocycles. The van der Waals surface area contributed by atoms with Crippen LogP contribution in [0.1, 0.15) is 25.7 Å². The summed E-state index contributed by atoms with van der Waals surface area (Å²) in [6, 6.07) is 0. The Morgan fingerprint density at radius 1 is 1.29 bits per heavy atom. The van der Waals surface area contributed by atoms with Crippen LogP contribution in [0, 0.1) is 0 Å². The lowest BCUT2D eigenvalue weighted by Gasteiger charge is -2.24. The fraction of sp³-hybridized carbons (Fsp3) is 1.00. The summed E-state index contributed by atoms with van der Waals surface area (Å²) < 4.78 is 5.66. The van der Waals surface area contributed by atoms with Crippen molar-refractivity contribution < 1.29 is 4.74 Å². The van der Waals surface area contributed by atoms with Crippen LogP contribution in [0.2, 0.25) is 0 Å². The number of hydrogen-bond acceptors (Lipinski definition) is 4. The third-order valence-electron chi connectivity index (χ3n) is 3.65. The Morgan fingerprint density at radius 2 is 2.12 bits per heavy atom. The smallest absolute Gasteiger partial charge is 0.0702 e. The molecule has 3 nitrogen and oxygen atoms in total. The molecule has 0 bridgehead atoms. The highest BCUT2D eigenvalue weighted by molar-refractivity contribution is 7.99. The van der Waals surface area contributed by atoms with Gasteiger partial charge in [-0.05, 0) is 45.8 Å². The van der Waals surface area contributed by atoms with Gasteiger partial charge >= 0.3 is 0 Å². The monoisotopic (exact) mass is 258 g/mol. The molecule has 1 unspecified atom stereocenters. The number of hydrogen-bond donors (Lipinski definition) is 1. The van der Waals surface area contributed by atoms with Gasteiger partial charge in [-0.2, -0.15) is 11.8 Å². The fourth-order valence-corrected chi connectivity index (χ4v) is 3.88. The second kappa shape index (κ2) is 7.62. The highest BCUT2D eigenvalue weighted by Gasteiger charge is 2.18. The minimum absolute atomic E-state index is 0.504. The molecule has 100 valence electrons. The van der Waals surface area contributed by atoms with Crippen molar-refractivity contribution in [3.8, 4) is 0 Å². The van der Waals surface area contributed by atoms with E-state index in [-0.39, 0.29) is 0 Å². The summed E-state index contributed by atoms with van der Waals surface area (Å²) in [6.45, 7) is 5.72. The minimum Gasteiger partial charge on any atom is -0.377 e. The zero-order chi connectivity index (χ0) is 11.9. The normalized spacial score (nSPS) is 26.8. The van der Waals surface area contributed by atoms with E-state index in [4.69, 9.17) is 4.74 Å². The van der Waals surface area contributed by atoms with Gasteiger partial charge in [0.15, 0.2) is 0 Å². The Kier molecular flexibility index (Phi) is 6.12. The molecule has 0 amide bonds. The molecule has 2 saturated heterocycles. The molecule has 4 heteroatoms. The first-order valence-corrected chi connectivity index (χ1v) is 8.02. The summed E-state index contributed by atoms with van der Waals surface area (Å²) >= 11 is 2.16. The van der Waals surface area contributed by atoms with E-state index >= 15 is 0 Å². The number of thioether (sulfide) groups is 1. The molecule has 17 heavy (non-hydrogen) atoms. The maximum Gasteiger partial charge on any atom is 0.0702 e. The standard InChI is InChI=1S/C13H26N2OS/c1-15(11-12-3-2-9-16-12)8-10-17-13-4-6-14-7-5-13/h12-14H,2-11H2,1H3. The van der Waals surface area contributed by atoms with E-state index in [2.05, 4.69) is 29.0 Å². The fourth-order valence-electron chi connectivity index (χ4n) is 2.56. The Bertz CT molecular complexity index is 204. The van der Waals surface area contributed by atoms with Crippen LogP contribution in [0.5, 0.6) is 0 Å². The summed E-state index contributed by atoms with van der Waals surface area (Å²) in [7, 11) is 2.23. The van der Waals surface area contributed by atoms with Crippen LogP contribution >= 0.6 is 11.8 Å². The average Bonchev–Trinajstić information content (AvgIpc) is 2.83. The van der Waals surface area contributed by atoms with E-state index in [1.165, 1.54) is 51.1 Å². The van der Waals surface area contributed by atoms with Gasteiger partial charge in [-0.3, -0.25) is 0 Å². The van der Waals surface area contributed by atoms with Crippen LogP contribution in [0.15, 0.2) is 0 Å². The molecule has 0 aliphatic carbocycles. The van der Waals surface area contributed by atoms with Crippen molar-refractivity contribution in [2.45, 2.75) is 37.0 Å². The molecule has 2 heterocycles. The number of ether oxygens (including phenoxy) is 1. The molecule has 0 radical (unpaired) electrons. The zero-order valence-corrected chi connectivity index (χ0v) is 11.8. The summed E-state index contributed by atoms with van der Waals surface area (Å²) in [5, 5.41) is 4.32. The number of rotatable bonds is 6. The van der Waals surface area contributed by atoms with E-state index in [1.807, 2.05) is 0 Å². The first-order chi connectivity index (χ1) is 8.34. The second-order valence-corrected chi connectivity index (χ2v) is 6.63. The zero-order valence-electron chi connectivity index (χ0n) is 11.0. The molecular formula is C13H26N2OS. The van der Waals surface area contributed by atoms with Gasteiger partial charge in [0.05, 0.1) is 6.10 Å². The van der Waals surface area contributed by atoms with E-state index in [0.717, 1.165) is 18.4 Å². The highest BCUT2D eigenvalue weighted by atomic mass is 32.2. The number of piperidine rings is 1. The number of nitrogens with one attached hydrogen (secondary N) is 1. The number of likely N-dealkylation sites (N-methyl/N-ethyl adjacent to an activating group) is 1. The van der Waals surface area contributed by atoms with Crippen LogP contribution in [0.4, 0.5) is 0 Å². The van der Waals surface area contributed by atoms with Crippen molar-refractivity contribution in [3.05, 3.63) is 0 Å². The molecule has 0 aromatic rings. The first-order valence-electron chi connectivity index (χ1n) is 6.97. The summed E-state index contributed by atoms with van der Waals surface area (Å²) in [6.07, 6.45) is 5.71. The topological polar surface area (TPSA) is 24.5 Å². The van der Waals surface area contributed by atoms with Crippen LogP contribution in [0.25, 0.3) is 0 Å². The molecule has 1 N–H and O–H groups in total. The molecule has 0 spiro atoms. The van der Waals surface area contributed by atoms with Crippen molar-refractivity contribution in [1.29, 1.82) is 0 Å². The summed E-state index contributed by atoms with van der Waals surface area (Å²) in [5.74, 6) is 1.27. The predicted octanol–water partition coefficient (Wildman–Crippen LogP) is 1.58. The summed E-state index contributed by atoms with van der Waals surface area (Å²) in [5.41, 5.74) is 0. The van der Waals surface area contributed by atoms with Crippen molar-refractivity contribution >= 4 is 11.8 Å². The van der Waals surface area contributed by atoms with Crippen molar-refractivity contribution in [3.63, 3.8) is 0 Å². The lowest BCUT2D eigenvalue weighted by atomic mass is 10.2. The third-order valence-corrected chi connectivity index (χ3v) is 5.01. The molecule has 0 aromatic carbocycles. The third kappa shape index (κ3) is 5.16. The molecule has 2 aliphatic rings. The van der Waals surface area contributed by atoms with E-state index < -0.39 is 0 Å². The van der Waals surface area contributed by atoms with Gasteiger partial charge in [0.1, 0.15) is 0 Å². The van der Waals surface area contributed by atoms with Crippen LogP contribution in [0.3, 0.4) is 0 Å². The lowest BCUT2D eigenvalue weighted by molar-refractivity contribution is 0.0830. The molecule has 0 saturated carbocycles. The number of nitrogens with zero attached hydrogens (tertiary/aromatic N) is 1. The minimum atomic E-state index is 0.504. The molecule has 2 fully saturated rings. The van der Waals surface area contributed by atoms with Crippen molar-refractivity contribution in [2.24, 2.45) is 0 Å². The molecule has 1 atom stereocenters. The molecule has 0 aromatic heterocycles. The van der Waals surface area contributed by atoms with Gasteiger partial charge in [0, 0.05) is 30.7 Å². The summed E-state index contributed by atoms with van der Waals surface area (Å²) in [4.78, 5) is 2.43. The Balaban J connectivity index is 1.51. The quantitative estimate of drug-likeness (QED) is 0.782. The van der Waals surface area contributed by atoms with E-state index in [9.17, 15) is 0 Å². The second-order valence-electron chi connectivity index (χ2n) is 5.22. The van der Waals surface area contributed by atoms with Crippen molar-refractivity contribution in [1.82, 2.24) is 10.2 Å². The van der Waals surface area contributed by atoms with E-state index in [0.29, 0.717) is 6.10 Å². The average molecular weight is 258 g/mol. The van der Waals surface area contributed by atoms with Crippen molar-refractivity contribution in [2.75, 3.05) is 45.6 Å². The largest absolute Gasteiger partial charge is 0.377 e. The van der Waals surface area contributed by atoms with Crippen LogP contribution in [-0.4, -0.2) is 61.8 Å². The lowest BCUT2D eigenvalue weighted by Crippen LogP contribution is -2.32. The van der Waals surface area contributed by atoms with Gasteiger partial charge in [0.25, 0.3) is 0 Å². The first kappa shape index (κ1) is 13.7. The van der Waals surface area contributed by atoms with E-state index in [1.54, 1.807) is 0 Å². The van der Waals surface area contributed by atoms with Crippen LogP contribution in [-0.2, 0) is 4.74 Å². The van der Waals surface area contributed by atoms with Gasteiger partial charge in [0.2, 0.25) is 0 Å². The van der Waals surface area contributed by atoms with Gasteiger partial charge in [-0.15, -0.1) is 0 Å². The highest BCUT2D eigenvalue weighted by Crippen LogP contribution is 2.20. The van der Waals surface area contributed by atoms with Crippen LogP contribution < -0.4 is 5.32 Å². The maximum atomic E-state index is 5.66. The molecular weight excluding hydrogens is 232 g/mol. The maximum absolute atomic E-state index is 5.66. The Hall–Kier alpha value is 0.230. The van der Waals surface area contributed by atoms with Gasteiger partial charge < -0.3 is 15.0 Å². The molecule has 2 rings (SSSR count). The van der Waals surface area contributed by atoms with Gasteiger partial charge in [-0.1, -0.05) is 0 Å². The SMILES string of the molecule is CN(CCSC1CCNCC1)CC1CCCO1. The predicted molar refractivity (Wildman–Crippen MR) is 74.8 cm³/mol.